The molecule has 86 valence electrons. The van der Waals surface area contributed by atoms with E-state index in [0.717, 1.165) is 0 Å². The predicted octanol–water partition coefficient (Wildman–Crippen LogP) is 1.63. The summed E-state index contributed by atoms with van der Waals surface area (Å²) in [5.74, 6) is 0.514. The zero-order chi connectivity index (χ0) is 12.1. The third-order valence-electron chi connectivity index (χ3n) is 2.09. The molecule has 0 saturated carbocycles. The molecule has 17 heavy (non-hydrogen) atoms. The summed E-state index contributed by atoms with van der Waals surface area (Å²) >= 11 is -1.50. The van der Waals surface area contributed by atoms with E-state index in [1.165, 1.54) is 0 Å². The molecular weight excluding hydrogens is 236 g/mol. The molecule has 0 aliphatic carbocycles. The minimum Gasteiger partial charge on any atom is -0.397 e. The van der Waals surface area contributed by atoms with Gasteiger partial charge in [-0.1, -0.05) is 18.2 Å². The molecule has 2 rings (SSSR count). The molecule has 0 radical (unpaired) electrons. The lowest BCUT2D eigenvalue weighted by Crippen LogP contribution is -2.21. The van der Waals surface area contributed by atoms with Crippen molar-refractivity contribution in [2.75, 3.05) is 0 Å². The summed E-state index contributed by atoms with van der Waals surface area (Å²) in [7, 11) is 0. The van der Waals surface area contributed by atoms with Gasteiger partial charge in [-0.2, -0.15) is 5.53 Å². The largest absolute Gasteiger partial charge is 0.397 e. The Labute approximate surface area is 101 Å². The van der Waals surface area contributed by atoms with Crippen LogP contribution in [0.1, 0.15) is 0 Å². The zero-order valence-electron chi connectivity index (χ0n) is 8.95. The molecule has 1 atom stereocenters. The summed E-state index contributed by atoms with van der Waals surface area (Å²) < 4.78 is 17.1. The molecule has 0 saturated heterocycles. The standard InChI is InChI=1S/C12H10N2O2S/c13-14-10-6-8-11(9-7-10)16-17(15)12-4-2-1-3-5-12/h1-9,13H/p+1. The van der Waals surface area contributed by atoms with Crippen molar-refractivity contribution in [1.82, 2.24) is 0 Å². The first-order valence-electron chi connectivity index (χ1n) is 4.96. The maximum Gasteiger partial charge on any atom is 0.240 e. The first kappa shape index (κ1) is 11.5. The van der Waals surface area contributed by atoms with E-state index in [-0.39, 0.29) is 0 Å². The van der Waals surface area contributed by atoms with Crippen molar-refractivity contribution in [3.8, 4) is 5.75 Å². The van der Waals surface area contributed by atoms with Gasteiger partial charge in [-0.3, -0.25) is 0 Å². The monoisotopic (exact) mass is 247 g/mol. The van der Waals surface area contributed by atoms with Crippen LogP contribution in [0.2, 0.25) is 0 Å². The highest BCUT2D eigenvalue weighted by atomic mass is 32.2. The fraction of sp³-hybridized carbons (Fsp3) is 0. The number of nitrogens with two attached hydrogens (primary N) is 1. The molecule has 4 nitrogen and oxygen atoms in total. The fourth-order valence-electron chi connectivity index (χ4n) is 1.25. The normalized spacial score (nSPS) is 11.8. The van der Waals surface area contributed by atoms with E-state index < -0.39 is 11.1 Å². The van der Waals surface area contributed by atoms with E-state index in [0.29, 0.717) is 16.3 Å². The van der Waals surface area contributed by atoms with Crippen LogP contribution in [0.4, 0.5) is 5.69 Å². The van der Waals surface area contributed by atoms with Gasteiger partial charge < -0.3 is 4.18 Å². The van der Waals surface area contributed by atoms with Crippen LogP contribution in [0.3, 0.4) is 0 Å². The average Bonchev–Trinajstić information content (AvgIpc) is 2.40. The molecule has 0 bridgehead atoms. The Kier molecular flexibility index (Phi) is 3.62. The second-order valence-corrected chi connectivity index (χ2v) is 4.36. The highest BCUT2D eigenvalue weighted by molar-refractivity contribution is 7.80. The highest BCUT2D eigenvalue weighted by Crippen LogP contribution is 2.19. The lowest BCUT2D eigenvalue weighted by Gasteiger charge is -2.04. The van der Waals surface area contributed by atoms with Crippen molar-refractivity contribution >= 4 is 16.8 Å². The molecule has 1 unspecified atom stereocenters. The van der Waals surface area contributed by atoms with E-state index >= 15 is 0 Å². The van der Waals surface area contributed by atoms with Crippen molar-refractivity contribution in [2.45, 2.75) is 4.90 Å². The van der Waals surface area contributed by atoms with Crippen molar-refractivity contribution in [3.05, 3.63) is 54.6 Å². The van der Waals surface area contributed by atoms with Gasteiger partial charge >= 0.3 is 0 Å². The van der Waals surface area contributed by atoms with Crippen LogP contribution >= 0.6 is 0 Å². The van der Waals surface area contributed by atoms with Crippen molar-refractivity contribution in [2.24, 2.45) is 5.11 Å². The van der Waals surface area contributed by atoms with Crippen LogP contribution in [-0.2, 0) is 11.1 Å². The fourth-order valence-corrected chi connectivity index (χ4v) is 2.02. The molecule has 0 amide bonds. The Morgan fingerprint density at radius 2 is 1.65 bits per heavy atom. The van der Waals surface area contributed by atoms with Gasteiger partial charge in [-0.25, -0.2) is 4.21 Å². The highest BCUT2D eigenvalue weighted by Gasteiger charge is 2.05. The maximum atomic E-state index is 11.8. The Hall–Kier alpha value is -2.01. The van der Waals surface area contributed by atoms with Crippen LogP contribution < -0.4 is 9.71 Å². The van der Waals surface area contributed by atoms with Gasteiger partial charge in [-0.15, -0.1) is 0 Å². The van der Waals surface area contributed by atoms with Gasteiger partial charge in [0.1, 0.15) is 11.4 Å². The number of hydrogen-bond donors (Lipinski definition) is 1. The van der Waals surface area contributed by atoms with E-state index in [2.05, 4.69) is 5.11 Å². The predicted molar refractivity (Wildman–Crippen MR) is 63.9 cm³/mol. The van der Waals surface area contributed by atoms with E-state index in [9.17, 15) is 4.21 Å². The number of hydrogen-bond acceptors (Lipinski definition) is 3. The SMILES string of the molecule is [NH2+]=Nc1ccc(OS(=O)c2ccccc2)cc1. The lowest BCUT2D eigenvalue weighted by atomic mass is 10.3. The smallest absolute Gasteiger partial charge is 0.240 e. The van der Waals surface area contributed by atoms with Crippen LogP contribution in [0, 0.1) is 0 Å². The molecular formula is C12H11N2O2S+. The Bertz CT molecular complexity index is 526. The van der Waals surface area contributed by atoms with Gasteiger partial charge in [-0.05, 0) is 41.5 Å². The summed E-state index contributed by atoms with van der Waals surface area (Å²) in [5.41, 5.74) is 5.76. The summed E-state index contributed by atoms with van der Waals surface area (Å²) in [4.78, 5) is 0.625. The second-order valence-electron chi connectivity index (χ2n) is 3.25. The minimum atomic E-state index is -1.50. The van der Waals surface area contributed by atoms with E-state index in [4.69, 9.17) is 9.71 Å². The molecule has 2 N–H and O–H groups in total. The van der Waals surface area contributed by atoms with Crippen LogP contribution in [-0.4, -0.2) is 4.21 Å². The maximum absolute atomic E-state index is 11.8. The third kappa shape index (κ3) is 2.98. The average molecular weight is 247 g/mol. The van der Waals surface area contributed by atoms with Crippen LogP contribution in [0.25, 0.3) is 0 Å². The molecule has 0 fully saturated rings. The number of rotatable bonds is 4. The zero-order valence-corrected chi connectivity index (χ0v) is 9.76. The molecule has 0 aliphatic heterocycles. The summed E-state index contributed by atoms with van der Waals surface area (Å²) in [6.45, 7) is 0. The van der Waals surface area contributed by atoms with E-state index in [1.54, 1.807) is 36.4 Å². The number of benzene rings is 2. The first-order chi connectivity index (χ1) is 8.29. The van der Waals surface area contributed by atoms with E-state index in [1.807, 2.05) is 18.2 Å². The molecule has 2 aromatic carbocycles. The summed E-state index contributed by atoms with van der Waals surface area (Å²) in [6.07, 6.45) is 0. The van der Waals surface area contributed by atoms with Gasteiger partial charge in [0, 0.05) is 0 Å². The Balaban J connectivity index is 2.10. The Morgan fingerprint density at radius 1 is 1.00 bits per heavy atom. The van der Waals surface area contributed by atoms with Crippen LogP contribution in [0.5, 0.6) is 5.75 Å². The summed E-state index contributed by atoms with van der Waals surface area (Å²) in [5, 5.41) is 3.52. The van der Waals surface area contributed by atoms with Crippen molar-refractivity contribution < 1.29 is 13.9 Å². The van der Waals surface area contributed by atoms with Gasteiger partial charge in [0.05, 0.1) is 4.90 Å². The first-order valence-corrected chi connectivity index (χ1v) is 6.03. The topological polar surface area (TPSA) is 64.2 Å². The Morgan fingerprint density at radius 3 is 2.24 bits per heavy atom. The third-order valence-corrected chi connectivity index (χ3v) is 3.09. The molecule has 5 heteroatoms. The molecule has 0 heterocycles. The molecule has 0 spiro atoms. The molecule has 0 aliphatic rings. The van der Waals surface area contributed by atoms with Gasteiger partial charge in [0.25, 0.3) is 0 Å². The molecule has 0 aromatic heterocycles. The number of nitrogens with zero attached hydrogens (tertiary/aromatic N) is 1. The van der Waals surface area contributed by atoms with Crippen LogP contribution in [0.15, 0.2) is 64.6 Å². The van der Waals surface area contributed by atoms with Crippen molar-refractivity contribution in [1.29, 1.82) is 0 Å². The summed E-state index contributed by atoms with van der Waals surface area (Å²) in [6, 6.07) is 15.7. The van der Waals surface area contributed by atoms with Gasteiger partial charge in [0.2, 0.25) is 11.1 Å². The minimum absolute atomic E-state index is 0.514. The quantitative estimate of drug-likeness (QED) is 0.834. The van der Waals surface area contributed by atoms with Gasteiger partial charge in [0.15, 0.2) is 0 Å². The molecule has 2 aromatic rings. The van der Waals surface area contributed by atoms with Crippen molar-refractivity contribution in [3.63, 3.8) is 0 Å². The lowest BCUT2D eigenvalue weighted by molar-refractivity contribution is -0.210. The second kappa shape index (κ2) is 5.36.